The lowest BCUT2D eigenvalue weighted by atomic mass is 10.1. The zero-order valence-corrected chi connectivity index (χ0v) is 14.7. The lowest BCUT2D eigenvalue weighted by Gasteiger charge is -2.04. The third kappa shape index (κ3) is 4.07. The fourth-order valence-electron chi connectivity index (χ4n) is 2.37. The van der Waals surface area contributed by atoms with Crippen molar-refractivity contribution in [2.45, 2.75) is 6.54 Å². The Labute approximate surface area is 153 Å². The van der Waals surface area contributed by atoms with E-state index in [4.69, 9.17) is 17.3 Å². The average molecular weight is 371 g/mol. The van der Waals surface area contributed by atoms with E-state index >= 15 is 0 Å². The number of amides is 2. The summed E-state index contributed by atoms with van der Waals surface area (Å²) in [4.78, 5) is 24.0. The van der Waals surface area contributed by atoms with Gasteiger partial charge in [0.15, 0.2) is 0 Å². The third-order valence-corrected chi connectivity index (χ3v) is 5.28. The van der Waals surface area contributed by atoms with Gasteiger partial charge in [0.1, 0.15) is 0 Å². The van der Waals surface area contributed by atoms with Gasteiger partial charge in [0.2, 0.25) is 11.8 Å². The molecule has 0 saturated carbocycles. The molecule has 1 heterocycles. The molecule has 0 saturated heterocycles. The molecule has 0 unspecified atom stereocenters. The fourth-order valence-corrected chi connectivity index (χ4v) is 3.77. The minimum absolute atomic E-state index is 0.238. The topological polar surface area (TPSA) is 72.2 Å². The van der Waals surface area contributed by atoms with Gasteiger partial charge in [-0.05, 0) is 29.8 Å². The van der Waals surface area contributed by atoms with Crippen LogP contribution in [0.3, 0.4) is 0 Å². The Balaban J connectivity index is 1.65. The molecule has 0 radical (unpaired) electrons. The van der Waals surface area contributed by atoms with Crippen molar-refractivity contribution in [3.05, 3.63) is 75.6 Å². The molecule has 1 aromatic heterocycles. The number of benzene rings is 2. The number of fused-ring (bicyclic) bond motifs is 1. The highest BCUT2D eigenvalue weighted by atomic mass is 35.5. The molecule has 0 aliphatic heterocycles. The van der Waals surface area contributed by atoms with E-state index in [0.717, 1.165) is 20.5 Å². The predicted octanol–water partition coefficient (Wildman–Crippen LogP) is 3.98. The van der Waals surface area contributed by atoms with Crippen LogP contribution in [0.25, 0.3) is 16.2 Å². The molecule has 0 fully saturated rings. The summed E-state index contributed by atoms with van der Waals surface area (Å²) >= 11 is 7.88. The summed E-state index contributed by atoms with van der Waals surface area (Å²) in [6.07, 6.45) is 3.16. The molecule has 0 aliphatic rings. The normalized spacial score (nSPS) is 11.1. The molecule has 2 aromatic carbocycles. The summed E-state index contributed by atoms with van der Waals surface area (Å²) in [6, 6.07) is 14.7. The molecule has 3 N–H and O–H groups in total. The SMILES string of the molecule is NC(=O)c1cccc(CNC(=O)/C=C/c2sc3ccccc3c2Cl)c1. The predicted molar refractivity (Wildman–Crippen MR) is 103 cm³/mol. The van der Waals surface area contributed by atoms with E-state index in [-0.39, 0.29) is 5.91 Å². The van der Waals surface area contributed by atoms with Gasteiger partial charge in [-0.2, -0.15) is 0 Å². The van der Waals surface area contributed by atoms with Gasteiger partial charge in [-0.3, -0.25) is 9.59 Å². The van der Waals surface area contributed by atoms with Gasteiger partial charge in [0.25, 0.3) is 0 Å². The first kappa shape index (κ1) is 17.2. The Morgan fingerprint density at radius 3 is 2.72 bits per heavy atom. The van der Waals surface area contributed by atoms with E-state index in [1.54, 1.807) is 24.3 Å². The number of hydrogen-bond acceptors (Lipinski definition) is 3. The Kier molecular flexibility index (Phi) is 5.16. The molecule has 3 rings (SSSR count). The number of nitrogens with two attached hydrogens (primary N) is 1. The summed E-state index contributed by atoms with van der Waals surface area (Å²) in [6.45, 7) is 0.310. The first-order valence-corrected chi connectivity index (χ1v) is 8.76. The Morgan fingerprint density at radius 1 is 1.16 bits per heavy atom. The number of halogens is 1. The maximum Gasteiger partial charge on any atom is 0.248 e. The fraction of sp³-hybridized carbons (Fsp3) is 0.0526. The standard InChI is InChI=1S/C19H15ClN2O2S/c20-18-14-6-1-2-7-15(14)25-16(18)8-9-17(23)22-11-12-4-3-5-13(10-12)19(21)24/h1-10H,11H2,(H2,21,24)(H,22,23)/b9-8+. The maximum atomic E-state index is 12.0. The zero-order chi connectivity index (χ0) is 17.8. The molecule has 0 spiro atoms. The van der Waals surface area contributed by atoms with Crippen molar-refractivity contribution in [3.8, 4) is 0 Å². The minimum Gasteiger partial charge on any atom is -0.366 e. The first-order valence-electron chi connectivity index (χ1n) is 7.56. The Bertz CT molecular complexity index is 978. The monoisotopic (exact) mass is 370 g/mol. The van der Waals surface area contributed by atoms with Crippen molar-refractivity contribution in [1.82, 2.24) is 5.32 Å². The summed E-state index contributed by atoms with van der Waals surface area (Å²) in [5.41, 5.74) is 6.47. The molecular formula is C19H15ClN2O2S. The lowest BCUT2D eigenvalue weighted by Crippen LogP contribution is -2.20. The zero-order valence-electron chi connectivity index (χ0n) is 13.2. The lowest BCUT2D eigenvalue weighted by molar-refractivity contribution is -0.116. The molecule has 25 heavy (non-hydrogen) atoms. The van der Waals surface area contributed by atoms with Crippen LogP contribution in [-0.4, -0.2) is 11.8 Å². The van der Waals surface area contributed by atoms with E-state index in [1.165, 1.54) is 17.4 Å². The van der Waals surface area contributed by atoms with Crippen molar-refractivity contribution in [2.75, 3.05) is 0 Å². The van der Waals surface area contributed by atoms with Gasteiger partial charge in [-0.25, -0.2) is 0 Å². The van der Waals surface area contributed by atoms with Gasteiger partial charge in [0.05, 0.1) is 5.02 Å². The average Bonchev–Trinajstić information content (AvgIpc) is 2.95. The largest absolute Gasteiger partial charge is 0.366 e. The highest BCUT2D eigenvalue weighted by Gasteiger charge is 2.07. The number of nitrogens with one attached hydrogen (secondary N) is 1. The van der Waals surface area contributed by atoms with E-state index in [9.17, 15) is 9.59 Å². The van der Waals surface area contributed by atoms with Crippen LogP contribution in [-0.2, 0) is 11.3 Å². The molecule has 2 amide bonds. The van der Waals surface area contributed by atoms with E-state index in [2.05, 4.69) is 5.32 Å². The first-order chi connectivity index (χ1) is 12.0. The number of carbonyl (C=O) groups excluding carboxylic acids is 2. The van der Waals surface area contributed by atoms with Crippen LogP contribution in [0.1, 0.15) is 20.8 Å². The smallest absolute Gasteiger partial charge is 0.248 e. The number of thiophene rings is 1. The molecule has 0 bridgehead atoms. The van der Waals surface area contributed by atoms with Crippen LogP contribution in [0.2, 0.25) is 5.02 Å². The van der Waals surface area contributed by atoms with Crippen LogP contribution in [0, 0.1) is 0 Å². The second-order valence-corrected chi connectivity index (χ2v) is 6.85. The van der Waals surface area contributed by atoms with Crippen molar-refractivity contribution < 1.29 is 9.59 Å². The highest BCUT2D eigenvalue weighted by Crippen LogP contribution is 2.35. The van der Waals surface area contributed by atoms with Gasteiger partial charge in [0, 0.05) is 33.1 Å². The molecule has 6 heteroatoms. The van der Waals surface area contributed by atoms with E-state index < -0.39 is 5.91 Å². The molecule has 126 valence electrons. The Hall–Kier alpha value is -2.63. The van der Waals surface area contributed by atoms with Crippen molar-refractivity contribution in [3.63, 3.8) is 0 Å². The van der Waals surface area contributed by atoms with Crippen LogP contribution in [0.5, 0.6) is 0 Å². The van der Waals surface area contributed by atoms with Crippen molar-refractivity contribution in [2.24, 2.45) is 5.73 Å². The van der Waals surface area contributed by atoms with E-state index in [0.29, 0.717) is 17.1 Å². The summed E-state index contributed by atoms with van der Waals surface area (Å²) < 4.78 is 1.08. The summed E-state index contributed by atoms with van der Waals surface area (Å²) in [7, 11) is 0. The van der Waals surface area contributed by atoms with Crippen LogP contribution < -0.4 is 11.1 Å². The molecule has 0 atom stereocenters. The summed E-state index contributed by atoms with van der Waals surface area (Å²) in [5.74, 6) is -0.731. The van der Waals surface area contributed by atoms with E-state index in [1.807, 2.05) is 30.3 Å². The molecule has 0 aliphatic carbocycles. The van der Waals surface area contributed by atoms with Crippen LogP contribution in [0.15, 0.2) is 54.6 Å². The second-order valence-electron chi connectivity index (χ2n) is 5.39. The van der Waals surface area contributed by atoms with Gasteiger partial charge < -0.3 is 11.1 Å². The quantitative estimate of drug-likeness (QED) is 0.666. The molecule has 3 aromatic rings. The highest BCUT2D eigenvalue weighted by molar-refractivity contribution is 7.20. The number of primary amides is 1. The van der Waals surface area contributed by atoms with Gasteiger partial charge in [-0.1, -0.05) is 41.9 Å². The number of carbonyl (C=O) groups is 2. The number of rotatable bonds is 5. The molecule has 4 nitrogen and oxygen atoms in total. The van der Waals surface area contributed by atoms with Gasteiger partial charge >= 0.3 is 0 Å². The maximum absolute atomic E-state index is 12.0. The molecular weight excluding hydrogens is 356 g/mol. The number of hydrogen-bond donors (Lipinski definition) is 2. The second kappa shape index (κ2) is 7.51. The third-order valence-electron chi connectivity index (χ3n) is 3.62. The van der Waals surface area contributed by atoms with Crippen LogP contribution in [0.4, 0.5) is 0 Å². The minimum atomic E-state index is -0.493. The van der Waals surface area contributed by atoms with Gasteiger partial charge in [-0.15, -0.1) is 11.3 Å². The van der Waals surface area contributed by atoms with Crippen molar-refractivity contribution in [1.29, 1.82) is 0 Å². The summed E-state index contributed by atoms with van der Waals surface area (Å²) in [5, 5.41) is 4.41. The Morgan fingerprint density at radius 2 is 1.96 bits per heavy atom. The van der Waals surface area contributed by atoms with Crippen LogP contribution >= 0.6 is 22.9 Å². The van der Waals surface area contributed by atoms with Crippen molar-refractivity contribution >= 4 is 50.9 Å².